The van der Waals surface area contributed by atoms with Gasteiger partial charge in [0.2, 0.25) is 0 Å². The maximum absolute atomic E-state index is 10.7. The molecule has 1 aromatic heterocycles. The van der Waals surface area contributed by atoms with Gasteiger partial charge in [-0.05, 0) is 30.9 Å². The summed E-state index contributed by atoms with van der Waals surface area (Å²) in [6, 6.07) is 10.2. The zero-order valence-electron chi connectivity index (χ0n) is 13.8. The van der Waals surface area contributed by atoms with Crippen LogP contribution in [0.15, 0.2) is 60.4 Å². The number of benzene rings is 1. The van der Waals surface area contributed by atoms with Crippen LogP contribution in [0.3, 0.4) is 0 Å². The number of rotatable bonds is 9. The van der Waals surface area contributed by atoms with Gasteiger partial charge in [-0.1, -0.05) is 30.3 Å². The van der Waals surface area contributed by atoms with Gasteiger partial charge in [0.15, 0.2) is 0 Å². The van der Waals surface area contributed by atoms with Crippen molar-refractivity contribution in [3.8, 4) is 0 Å². The third-order valence-electron chi connectivity index (χ3n) is 4.03. The minimum absolute atomic E-state index is 0.0123. The molecule has 0 radical (unpaired) electrons. The van der Waals surface area contributed by atoms with Gasteiger partial charge in [-0.25, -0.2) is 4.98 Å². The zero-order valence-corrected chi connectivity index (χ0v) is 13.8. The van der Waals surface area contributed by atoms with E-state index in [1.807, 2.05) is 35.9 Å². The minimum Gasteiger partial charge on any atom is -0.481 e. The summed E-state index contributed by atoms with van der Waals surface area (Å²) < 4.78 is 2.01. The first-order valence-corrected chi connectivity index (χ1v) is 7.91. The van der Waals surface area contributed by atoms with Crippen LogP contribution >= 0.6 is 0 Å². The Morgan fingerprint density at radius 2 is 2.08 bits per heavy atom. The van der Waals surface area contributed by atoms with E-state index in [1.54, 1.807) is 12.5 Å². The predicted octanol–water partition coefficient (Wildman–Crippen LogP) is 3.09. The summed E-state index contributed by atoms with van der Waals surface area (Å²) in [5.74, 6) is 5.26. The van der Waals surface area contributed by atoms with E-state index in [1.165, 1.54) is 5.56 Å². The molecule has 0 spiro atoms. The normalized spacial score (nSPS) is 13.2. The Balaban J connectivity index is 2.23. The third kappa shape index (κ3) is 4.96. The summed E-state index contributed by atoms with van der Waals surface area (Å²) in [7, 11) is 0. The van der Waals surface area contributed by atoms with E-state index in [2.05, 4.69) is 17.1 Å². The van der Waals surface area contributed by atoms with Crippen molar-refractivity contribution in [2.45, 2.75) is 38.6 Å². The van der Waals surface area contributed by atoms with Crippen molar-refractivity contribution in [3.63, 3.8) is 0 Å². The van der Waals surface area contributed by atoms with Crippen LogP contribution in [0.1, 0.15) is 37.8 Å². The number of aliphatic carboxylic acids is 1. The van der Waals surface area contributed by atoms with Crippen molar-refractivity contribution in [2.75, 3.05) is 0 Å². The highest BCUT2D eigenvalue weighted by Gasteiger charge is 2.18. The van der Waals surface area contributed by atoms with E-state index in [0.717, 1.165) is 12.0 Å². The van der Waals surface area contributed by atoms with Crippen molar-refractivity contribution >= 4 is 5.97 Å². The van der Waals surface area contributed by atoms with Gasteiger partial charge in [-0.3, -0.25) is 4.79 Å². The molecule has 0 fully saturated rings. The van der Waals surface area contributed by atoms with Crippen LogP contribution in [-0.4, -0.2) is 20.6 Å². The molecular formula is C18H23N3O3. The molecule has 1 heterocycles. The molecule has 0 bridgehead atoms. The fourth-order valence-corrected chi connectivity index (χ4v) is 2.71. The van der Waals surface area contributed by atoms with Crippen LogP contribution in [0.4, 0.5) is 0 Å². The molecule has 128 valence electrons. The molecule has 6 heteroatoms. The highest BCUT2D eigenvalue weighted by Crippen LogP contribution is 2.27. The number of carboxylic acids is 1. The molecule has 0 aliphatic rings. The maximum atomic E-state index is 10.7. The summed E-state index contributed by atoms with van der Waals surface area (Å²) in [6.07, 6.45) is 7.25. The fourth-order valence-electron chi connectivity index (χ4n) is 2.71. The van der Waals surface area contributed by atoms with Crippen molar-refractivity contribution in [2.24, 2.45) is 5.90 Å². The van der Waals surface area contributed by atoms with Gasteiger partial charge in [0.1, 0.15) is 5.76 Å². The molecule has 1 aromatic carbocycles. The first kappa shape index (κ1) is 17.7. The molecule has 0 aliphatic carbocycles. The summed E-state index contributed by atoms with van der Waals surface area (Å²) in [5, 5.41) is 8.79. The smallest absolute Gasteiger partial charge is 0.303 e. The molecule has 24 heavy (non-hydrogen) atoms. The number of allylic oxidation sites excluding steroid dienone is 2. The Morgan fingerprint density at radius 1 is 1.33 bits per heavy atom. The average Bonchev–Trinajstić information content (AvgIpc) is 3.11. The Kier molecular flexibility index (Phi) is 6.57. The SMILES string of the molecule is C/C(=C(/CCCC(=O)O)ON)C(Cc1ccccc1)n1ccnc1. The second-order valence-electron chi connectivity index (χ2n) is 5.69. The Labute approximate surface area is 141 Å². The molecule has 0 saturated carbocycles. The van der Waals surface area contributed by atoms with E-state index in [-0.39, 0.29) is 12.5 Å². The number of hydrogen-bond acceptors (Lipinski definition) is 4. The number of imidazole rings is 1. The number of hydrogen-bond donors (Lipinski definition) is 2. The molecule has 6 nitrogen and oxygen atoms in total. The van der Waals surface area contributed by atoms with Crippen LogP contribution in [0.2, 0.25) is 0 Å². The molecule has 2 aromatic rings. The summed E-state index contributed by atoms with van der Waals surface area (Å²) in [4.78, 5) is 19.9. The maximum Gasteiger partial charge on any atom is 0.303 e. The van der Waals surface area contributed by atoms with Crippen molar-refractivity contribution in [1.29, 1.82) is 0 Å². The van der Waals surface area contributed by atoms with Gasteiger partial charge in [-0.15, -0.1) is 0 Å². The summed E-state index contributed by atoms with van der Waals surface area (Å²) in [5.41, 5.74) is 2.17. The number of carbonyl (C=O) groups is 1. The zero-order chi connectivity index (χ0) is 17.4. The molecule has 2 rings (SSSR count). The van der Waals surface area contributed by atoms with E-state index < -0.39 is 5.97 Å². The average molecular weight is 329 g/mol. The molecule has 0 amide bonds. The third-order valence-corrected chi connectivity index (χ3v) is 4.03. The lowest BCUT2D eigenvalue weighted by Crippen LogP contribution is -2.16. The molecule has 0 aliphatic heterocycles. The molecule has 1 unspecified atom stereocenters. The Bertz CT molecular complexity index is 666. The van der Waals surface area contributed by atoms with Crippen molar-refractivity contribution < 1.29 is 14.7 Å². The Morgan fingerprint density at radius 3 is 2.67 bits per heavy atom. The minimum atomic E-state index is -0.820. The van der Waals surface area contributed by atoms with Gasteiger partial charge >= 0.3 is 5.97 Å². The van der Waals surface area contributed by atoms with Crippen molar-refractivity contribution in [1.82, 2.24) is 9.55 Å². The lowest BCUT2D eigenvalue weighted by molar-refractivity contribution is -0.137. The quantitative estimate of drug-likeness (QED) is 0.545. The lowest BCUT2D eigenvalue weighted by atomic mass is 9.97. The number of carboxylic acid groups (broad SMARTS) is 1. The predicted molar refractivity (Wildman–Crippen MR) is 90.9 cm³/mol. The van der Waals surface area contributed by atoms with Crippen molar-refractivity contribution in [3.05, 3.63) is 65.9 Å². The lowest BCUT2D eigenvalue weighted by Gasteiger charge is -2.22. The second-order valence-corrected chi connectivity index (χ2v) is 5.69. The first-order chi connectivity index (χ1) is 11.6. The van der Waals surface area contributed by atoms with Crippen LogP contribution < -0.4 is 5.90 Å². The number of aromatic nitrogens is 2. The van der Waals surface area contributed by atoms with E-state index in [4.69, 9.17) is 15.8 Å². The standard InChI is InChI=1S/C18H23N3O3/c1-14(17(24-19)8-5-9-18(22)23)16(21-11-10-20-13-21)12-15-6-3-2-4-7-15/h2-4,6-7,10-11,13,16H,5,8-9,12,19H2,1H3,(H,22,23)/b17-14+. The summed E-state index contributed by atoms with van der Waals surface area (Å²) >= 11 is 0. The van der Waals surface area contributed by atoms with Crippen LogP contribution in [-0.2, 0) is 16.1 Å². The van der Waals surface area contributed by atoms with E-state index >= 15 is 0 Å². The Hall–Kier alpha value is -2.60. The van der Waals surface area contributed by atoms with Crippen LogP contribution in [0, 0.1) is 0 Å². The van der Waals surface area contributed by atoms with Gasteiger partial charge in [0.05, 0.1) is 12.4 Å². The second kappa shape index (κ2) is 8.88. The summed E-state index contributed by atoms with van der Waals surface area (Å²) in [6.45, 7) is 1.97. The largest absolute Gasteiger partial charge is 0.481 e. The van der Waals surface area contributed by atoms with E-state index in [9.17, 15) is 4.79 Å². The topological polar surface area (TPSA) is 90.4 Å². The molecular weight excluding hydrogens is 306 g/mol. The first-order valence-electron chi connectivity index (χ1n) is 7.91. The number of nitrogens with zero attached hydrogens (tertiary/aromatic N) is 2. The molecule has 0 saturated heterocycles. The van der Waals surface area contributed by atoms with Gasteiger partial charge in [0, 0.05) is 25.2 Å². The monoisotopic (exact) mass is 329 g/mol. The molecule has 1 atom stereocenters. The highest BCUT2D eigenvalue weighted by atomic mass is 16.6. The number of nitrogens with two attached hydrogens (primary N) is 1. The van der Waals surface area contributed by atoms with Gasteiger partial charge in [0.25, 0.3) is 0 Å². The van der Waals surface area contributed by atoms with E-state index in [0.29, 0.717) is 18.6 Å². The fraction of sp³-hybridized carbons (Fsp3) is 0.333. The van der Waals surface area contributed by atoms with Crippen LogP contribution in [0.5, 0.6) is 0 Å². The van der Waals surface area contributed by atoms with Gasteiger partial charge in [-0.2, -0.15) is 5.90 Å². The van der Waals surface area contributed by atoms with Crippen LogP contribution in [0.25, 0.3) is 0 Å². The molecule has 3 N–H and O–H groups in total. The highest BCUT2D eigenvalue weighted by molar-refractivity contribution is 5.66. The van der Waals surface area contributed by atoms with Gasteiger partial charge < -0.3 is 14.5 Å².